The van der Waals surface area contributed by atoms with Gasteiger partial charge < -0.3 is 19.7 Å². The van der Waals surface area contributed by atoms with Gasteiger partial charge in [0.15, 0.2) is 11.5 Å². The largest absolute Gasteiger partial charge is 0.493 e. The van der Waals surface area contributed by atoms with Gasteiger partial charge in [-0.25, -0.2) is 0 Å². The van der Waals surface area contributed by atoms with Crippen LogP contribution in [-0.4, -0.2) is 48.0 Å². The fraction of sp³-hybridized carbons (Fsp3) is 0.381. The van der Waals surface area contributed by atoms with Crippen LogP contribution >= 0.6 is 11.3 Å². The lowest BCUT2D eigenvalue weighted by atomic mass is 9.97. The van der Waals surface area contributed by atoms with E-state index < -0.39 is 0 Å². The molecule has 30 heavy (non-hydrogen) atoms. The Balaban J connectivity index is 1.38. The summed E-state index contributed by atoms with van der Waals surface area (Å²) in [6, 6.07) is 9.58. The fourth-order valence-electron chi connectivity index (χ4n) is 3.69. The minimum atomic E-state index is -0.0886. The third kappa shape index (κ3) is 4.25. The third-order valence-electron chi connectivity index (χ3n) is 5.23. The first kappa shape index (κ1) is 20.2. The number of carbonyl (C=O) groups is 1. The summed E-state index contributed by atoms with van der Waals surface area (Å²) in [6.07, 6.45) is 5.70. The van der Waals surface area contributed by atoms with Crippen LogP contribution in [0, 0.1) is 5.92 Å². The van der Waals surface area contributed by atoms with Gasteiger partial charge in [0.1, 0.15) is 0 Å². The van der Waals surface area contributed by atoms with Crippen molar-refractivity contribution in [2.24, 2.45) is 5.92 Å². The molecule has 1 amide bonds. The second kappa shape index (κ2) is 9.17. The quantitative estimate of drug-likeness (QED) is 0.624. The number of rotatable bonds is 7. The Bertz CT molecular complexity index is 988. The molecule has 1 saturated heterocycles. The molecule has 1 fully saturated rings. The van der Waals surface area contributed by atoms with E-state index >= 15 is 0 Å². The van der Waals surface area contributed by atoms with Crippen LogP contribution in [0.3, 0.4) is 0 Å². The summed E-state index contributed by atoms with van der Waals surface area (Å²) in [7, 11) is 3.21. The van der Waals surface area contributed by atoms with Crippen molar-refractivity contribution in [1.82, 2.24) is 20.1 Å². The van der Waals surface area contributed by atoms with Gasteiger partial charge in [-0.2, -0.15) is 0 Å². The van der Waals surface area contributed by atoms with Gasteiger partial charge in [-0.3, -0.25) is 9.36 Å². The summed E-state index contributed by atoms with van der Waals surface area (Å²) in [5, 5.41) is 13.3. The second-order valence-corrected chi connectivity index (χ2v) is 8.05. The summed E-state index contributed by atoms with van der Waals surface area (Å²) >= 11 is 1.53. The standard InChI is InChI=1S/C21H25N5O3S/c1-28-17-9-5-7-15(18(17)29-2)13-22-19(27)16-8-6-12-26(14-16)21-24-23-20(30-21)25-10-3-4-11-25/h3-5,7,9-11,16H,6,8,12-14H2,1-2H3,(H,22,27). The number of nitrogens with zero attached hydrogens (tertiary/aromatic N) is 4. The van der Waals surface area contributed by atoms with Crippen LogP contribution in [0.2, 0.25) is 0 Å². The zero-order valence-corrected chi connectivity index (χ0v) is 17.9. The summed E-state index contributed by atoms with van der Waals surface area (Å²) in [6.45, 7) is 1.92. The molecule has 1 N–H and O–H groups in total. The van der Waals surface area contributed by atoms with Crippen LogP contribution in [0.15, 0.2) is 42.7 Å². The van der Waals surface area contributed by atoms with E-state index in [1.807, 2.05) is 47.3 Å². The van der Waals surface area contributed by atoms with E-state index in [0.717, 1.165) is 35.2 Å². The van der Waals surface area contributed by atoms with Gasteiger partial charge in [0, 0.05) is 37.6 Å². The highest BCUT2D eigenvalue weighted by molar-refractivity contribution is 7.17. The van der Waals surface area contributed by atoms with Gasteiger partial charge in [0.25, 0.3) is 0 Å². The Morgan fingerprint density at radius 2 is 1.97 bits per heavy atom. The van der Waals surface area contributed by atoms with E-state index in [4.69, 9.17) is 9.47 Å². The number of hydrogen-bond acceptors (Lipinski definition) is 7. The minimum Gasteiger partial charge on any atom is -0.493 e. The van der Waals surface area contributed by atoms with Crippen LogP contribution in [0.25, 0.3) is 5.13 Å². The number of ether oxygens (including phenoxy) is 2. The smallest absolute Gasteiger partial charge is 0.225 e. The topological polar surface area (TPSA) is 81.5 Å². The molecule has 3 aromatic rings. The first-order valence-electron chi connectivity index (χ1n) is 9.89. The zero-order valence-electron chi connectivity index (χ0n) is 17.1. The summed E-state index contributed by atoms with van der Waals surface area (Å²) < 4.78 is 12.7. The molecule has 4 rings (SSSR count). The number of piperidine rings is 1. The zero-order chi connectivity index (χ0) is 20.9. The number of carbonyl (C=O) groups excluding carboxylic acids is 1. The average molecular weight is 428 g/mol. The van der Waals surface area contributed by atoms with Gasteiger partial charge in [0.05, 0.1) is 20.1 Å². The number of para-hydroxylation sites is 1. The van der Waals surface area contributed by atoms with E-state index in [0.29, 0.717) is 24.6 Å². The lowest BCUT2D eigenvalue weighted by Gasteiger charge is -2.31. The summed E-state index contributed by atoms with van der Waals surface area (Å²) in [4.78, 5) is 15.0. The second-order valence-electron chi connectivity index (χ2n) is 7.11. The van der Waals surface area contributed by atoms with E-state index in [1.165, 1.54) is 11.3 Å². The third-order valence-corrected chi connectivity index (χ3v) is 6.23. The molecule has 1 aliphatic heterocycles. The van der Waals surface area contributed by atoms with E-state index in [9.17, 15) is 4.79 Å². The Morgan fingerprint density at radius 1 is 1.17 bits per heavy atom. The van der Waals surface area contributed by atoms with Crippen LogP contribution in [0.5, 0.6) is 11.5 Å². The maximum atomic E-state index is 12.8. The fourth-order valence-corrected chi connectivity index (χ4v) is 4.54. The number of benzene rings is 1. The van der Waals surface area contributed by atoms with Crippen LogP contribution in [-0.2, 0) is 11.3 Å². The van der Waals surface area contributed by atoms with Crippen molar-refractivity contribution in [3.63, 3.8) is 0 Å². The molecule has 1 aliphatic rings. The Labute approximate surface area is 179 Å². The Morgan fingerprint density at radius 3 is 2.73 bits per heavy atom. The molecule has 158 valence electrons. The normalized spacial score (nSPS) is 16.3. The van der Waals surface area contributed by atoms with Gasteiger partial charge in [0.2, 0.25) is 16.2 Å². The van der Waals surface area contributed by atoms with Crippen LogP contribution in [0.1, 0.15) is 18.4 Å². The lowest BCUT2D eigenvalue weighted by molar-refractivity contribution is -0.125. The molecular weight excluding hydrogens is 402 g/mol. The molecule has 0 saturated carbocycles. The SMILES string of the molecule is COc1cccc(CNC(=O)C2CCCN(c3nnc(-n4cccc4)s3)C2)c1OC. The highest BCUT2D eigenvalue weighted by Gasteiger charge is 2.28. The van der Waals surface area contributed by atoms with Crippen molar-refractivity contribution in [3.8, 4) is 16.6 Å². The molecule has 1 atom stereocenters. The lowest BCUT2D eigenvalue weighted by Crippen LogP contribution is -2.43. The Hall–Kier alpha value is -3.07. The molecule has 3 heterocycles. The van der Waals surface area contributed by atoms with E-state index in [-0.39, 0.29) is 11.8 Å². The molecule has 0 bridgehead atoms. The highest BCUT2D eigenvalue weighted by atomic mass is 32.1. The average Bonchev–Trinajstić information content (AvgIpc) is 3.49. The maximum Gasteiger partial charge on any atom is 0.225 e. The monoisotopic (exact) mass is 427 g/mol. The van der Waals surface area contributed by atoms with E-state index in [2.05, 4.69) is 20.4 Å². The predicted molar refractivity (Wildman–Crippen MR) is 116 cm³/mol. The van der Waals surface area contributed by atoms with Crippen molar-refractivity contribution in [3.05, 3.63) is 48.3 Å². The Kier molecular flexibility index (Phi) is 6.18. The highest BCUT2D eigenvalue weighted by Crippen LogP contribution is 2.31. The van der Waals surface area contributed by atoms with E-state index in [1.54, 1.807) is 14.2 Å². The summed E-state index contributed by atoms with van der Waals surface area (Å²) in [5.74, 6) is 1.26. The van der Waals surface area contributed by atoms with Gasteiger partial charge in [-0.15, -0.1) is 10.2 Å². The van der Waals surface area contributed by atoms with Crippen molar-refractivity contribution in [2.75, 3.05) is 32.2 Å². The molecule has 0 radical (unpaired) electrons. The number of aromatic nitrogens is 3. The minimum absolute atomic E-state index is 0.0414. The molecule has 8 nitrogen and oxygen atoms in total. The van der Waals surface area contributed by atoms with Crippen LogP contribution in [0.4, 0.5) is 5.13 Å². The molecule has 1 aromatic carbocycles. The van der Waals surface area contributed by atoms with Crippen molar-refractivity contribution in [1.29, 1.82) is 0 Å². The van der Waals surface area contributed by atoms with Gasteiger partial charge in [-0.1, -0.05) is 23.5 Å². The predicted octanol–water partition coefficient (Wildman–Crippen LogP) is 2.88. The number of anilines is 1. The molecule has 0 spiro atoms. The molecule has 9 heteroatoms. The molecular formula is C21H25N5O3S. The molecule has 1 unspecified atom stereocenters. The van der Waals surface area contributed by atoms with Gasteiger partial charge >= 0.3 is 0 Å². The maximum absolute atomic E-state index is 12.8. The number of nitrogens with one attached hydrogen (secondary N) is 1. The number of amides is 1. The number of hydrogen-bond donors (Lipinski definition) is 1. The van der Waals surface area contributed by atoms with Crippen molar-refractivity contribution in [2.45, 2.75) is 19.4 Å². The number of methoxy groups -OCH3 is 2. The van der Waals surface area contributed by atoms with Crippen molar-refractivity contribution >= 4 is 22.4 Å². The van der Waals surface area contributed by atoms with Crippen LogP contribution < -0.4 is 19.7 Å². The molecule has 2 aromatic heterocycles. The first-order chi connectivity index (χ1) is 14.7. The van der Waals surface area contributed by atoms with Gasteiger partial charge in [-0.05, 0) is 31.0 Å². The molecule has 0 aliphatic carbocycles. The summed E-state index contributed by atoms with van der Waals surface area (Å²) in [5.41, 5.74) is 0.887. The van der Waals surface area contributed by atoms with Crippen molar-refractivity contribution < 1.29 is 14.3 Å². The first-order valence-corrected chi connectivity index (χ1v) is 10.7.